The molecule has 92 valence electrons. The maximum absolute atomic E-state index is 2.63. The summed E-state index contributed by atoms with van der Waals surface area (Å²) in [5.74, 6) is 0. The van der Waals surface area contributed by atoms with Crippen molar-refractivity contribution in [1.29, 1.82) is 0 Å². The van der Waals surface area contributed by atoms with Crippen molar-refractivity contribution in [3.8, 4) is 0 Å². The van der Waals surface area contributed by atoms with E-state index in [0.29, 0.717) is 11.5 Å². The van der Waals surface area contributed by atoms with Crippen LogP contribution in [-0.2, 0) is 0 Å². The van der Waals surface area contributed by atoms with E-state index < -0.39 is 0 Å². The molecule has 0 fully saturated rings. The van der Waals surface area contributed by atoms with Crippen LogP contribution in [0.15, 0.2) is 0 Å². The standard InChI is InChI=1S/C14H31N/c1-7-8-9-11-15(13(2)3)12-10-14(4,5)6/h13H,7-12H2,1-6H3. The monoisotopic (exact) mass is 213 g/mol. The van der Waals surface area contributed by atoms with Crippen molar-refractivity contribution in [1.82, 2.24) is 4.90 Å². The highest BCUT2D eigenvalue weighted by Crippen LogP contribution is 2.19. The summed E-state index contributed by atoms with van der Waals surface area (Å²) >= 11 is 0. The van der Waals surface area contributed by atoms with Crippen molar-refractivity contribution in [3.63, 3.8) is 0 Å². The lowest BCUT2D eigenvalue weighted by Crippen LogP contribution is -2.34. The lowest BCUT2D eigenvalue weighted by atomic mass is 9.92. The minimum absolute atomic E-state index is 0.470. The zero-order valence-electron chi connectivity index (χ0n) is 11.8. The van der Waals surface area contributed by atoms with E-state index in [1.165, 1.54) is 38.8 Å². The summed E-state index contributed by atoms with van der Waals surface area (Å²) in [5.41, 5.74) is 0.470. The van der Waals surface area contributed by atoms with Gasteiger partial charge in [-0.2, -0.15) is 0 Å². The highest BCUT2D eigenvalue weighted by molar-refractivity contribution is 4.68. The number of rotatable bonds is 7. The molecule has 0 saturated carbocycles. The Kier molecular flexibility index (Phi) is 7.25. The first kappa shape index (κ1) is 15.0. The van der Waals surface area contributed by atoms with Crippen LogP contribution >= 0.6 is 0 Å². The molecule has 0 aromatic carbocycles. The van der Waals surface area contributed by atoms with Gasteiger partial charge in [-0.25, -0.2) is 0 Å². The van der Waals surface area contributed by atoms with Gasteiger partial charge in [-0.1, -0.05) is 40.5 Å². The molecule has 0 atom stereocenters. The molecule has 0 bridgehead atoms. The lowest BCUT2D eigenvalue weighted by molar-refractivity contribution is 0.186. The molecular weight excluding hydrogens is 182 g/mol. The minimum Gasteiger partial charge on any atom is -0.301 e. The van der Waals surface area contributed by atoms with Gasteiger partial charge in [0.1, 0.15) is 0 Å². The lowest BCUT2D eigenvalue weighted by Gasteiger charge is -2.29. The van der Waals surface area contributed by atoms with Gasteiger partial charge in [0, 0.05) is 6.04 Å². The maximum Gasteiger partial charge on any atom is 0.00385 e. The fraction of sp³-hybridized carbons (Fsp3) is 1.00. The van der Waals surface area contributed by atoms with Crippen molar-refractivity contribution in [3.05, 3.63) is 0 Å². The van der Waals surface area contributed by atoms with Crippen molar-refractivity contribution in [2.24, 2.45) is 5.41 Å². The van der Waals surface area contributed by atoms with Crippen LogP contribution in [0, 0.1) is 5.41 Å². The third kappa shape index (κ3) is 8.92. The van der Waals surface area contributed by atoms with Gasteiger partial charge in [0.2, 0.25) is 0 Å². The number of nitrogens with zero attached hydrogens (tertiary/aromatic N) is 1. The predicted molar refractivity (Wildman–Crippen MR) is 70.3 cm³/mol. The summed E-state index contributed by atoms with van der Waals surface area (Å²) in [6, 6.07) is 0.698. The van der Waals surface area contributed by atoms with Crippen LogP contribution < -0.4 is 0 Å². The summed E-state index contributed by atoms with van der Waals surface area (Å²) in [5, 5.41) is 0. The molecule has 0 amide bonds. The molecule has 0 unspecified atom stereocenters. The molecule has 0 aliphatic rings. The largest absolute Gasteiger partial charge is 0.301 e. The van der Waals surface area contributed by atoms with Crippen LogP contribution in [0.4, 0.5) is 0 Å². The van der Waals surface area contributed by atoms with Crippen molar-refractivity contribution in [2.45, 2.75) is 73.3 Å². The highest BCUT2D eigenvalue weighted by Gasteiger charge is 2.14. The van der Waals surface area contributed by atoms with Crippen LogP contribution in [0.3, 0.4) is 0 Å². The molecule has 1 nitrogen and oxygen atoms in total. The Morgan fingerprint density at radius 1 is 1.00 bits per heavy atom. The van der Waals surface area contributed by atoms with Crippen molar-refractivity contribution in [2.75, 3.05) is 13.1 Å². The van der Waals surface area contributed by atoms with Crippen LogP contribution in [0.2, 0.25) is 0 Å². The van der Waals surface area contributed by atoms with Gasteiger partial charge in [0.25, 0.3) is 0 Å². The second kappa shape index (κ2) is 7.27. The topological polar surface area (TPSA) is 3.24 Å². The quantitative estimate of drug-likeness (QED) is 0.569. The molecule has 0 saturated heterocycles. The minimum atomic E-state index is 0.470. The Bertz CT molecular complexity index is 144. The molecule has 1 heteroatoms. The van der Waals surface area contributed by atoms with Crippen LogP contribution in [0.1, 0.15) is 67.2 Å². The van der Waals surface area contributed by atoms with E-state index in [0.717, 1.165) is 0 Å². The van der Waals surface area contributed by atoms with Gasteiger partial charge in [-0.15, -0.1) is 0 Å². The van der Waals surface area contributed by atoms with Gasteiger partial charge >= 0.3 is 0 Å². The zero-order valence-corrected chi connectivity index (χ0v) is 11.8. The van der Waals surface area contributed by atoms with Crippen molar-refractivity contribution < 1.29 is 0 Å². The Labute approximate surface area is 97.2 Å². The molecule has 15 heavy (non-hydrogen) atoms. The SMILES string of the molecule is CCCCCN(CCC(C)(C)C)C(C)C. The van der Waals surface area contributed by atoms with Gasteiger partial charge < -0.3 is 4.90 Å². The fourth-order valence-electron chi connectivity index (χ4n) is 1.67. The van der Waals surface area contributed by atoms with Crippen LogP contribution in [-0.4, -0.2) is 24.0 Å². The van der Waals surface area contributed by atoms with E-state index >= 15 is 0 Å². The maximum atomic E-state index is 2.63. The van der Waals surface area contributed by atoms with Gasteiger partial charge in [0.15, 0.2) is 0 Å². The summed E-state index contributed by atoms with van der Waals surface area (Å²) < 4.78 is 0. The van der Waals surface area contributed by atoms with Crippen LogP contribution in [0.25, 0.3) is 0 Å². The van der Waals surface area contributed by atoms with E-state index in [1.54, 1.807) is 0 Å². The molecule has 0 aromatic rings. The molecule has 0 aliphatic carbocycles. The first-order chi connectivity index (χ1) is 6.87. The smallest absolute Gasteiger partial charge is 0.00385 e. The highest BCUT2D eigenvalue weighted by atomic mass is 15.1. The predicted octanol–water partition coefficient (Wildman–Crippen LogP) is 4.32. The summed E-state index contributed by atoms with van der Waals surface area (Å²) in [6.07, 6.45) is 5.36. The Morgan fingerprint density at radius 3 is 2.00 bits per heavy atom. The van der Waals surface area contributed by atoms with E-state index in [2.05, 4.69) is 46.4 Å². The molecule has 0 rings (SSSR count). The zero-order chi connectivity index (χ0) is 11.9. The summed E-state index contributed by atoms with van der Waals surface area (Å²) in [6.45, 7) is 16.4. The number of unbranched alkanes of at least 4 members (excludes halogenated alkanes) is 2. The average molecular weight is 213 g/mol. The molecule has 0 N–H and O–H groups in total. The molecule has 0 aliphatic heterocycles. The summed E-state index contributed by atoms with van der Waals surface area (Å²) in [4.78, 5) is 2.63. The van der Waals surface area contributed by atoms with Gasteiger partial charge in [-0.3, -0.25) is 0 Å². The van der Waals surface area contributed by atoms with Crippen molar-refractivity contribution >= 4 is 0 Å². The van der Waals surface area contributed by atoms with E-state index in [9.17, 15) is 0 Å². The van der Waals surface area contributed by atoms with E-state index in [-0.39, 0.29) is 0 Å². The molecule has 0 radical (unpaired) electrons. The third-order valence-electron chi connectivity index (χ3n) is 2.93. The second-order valence-electron chi connectivity index (χ2n) is 6.15. The third-order valence-corrected chi connectivity index (χ3v) is 2.93. The van der Waals surface area contributed by atoms with Crippen LogP contribution in [0.5, 0.6) is 0 Å². The van der Waals surface area contributed by atoms with Gasteiger partial charge in [0.05, 0.1) is 0 Å². The first-order valence-electron chi connectivity index (χ1n) is 6.61. The summed E-state index contributed by atoms with van der Waals surface area (Å²) in [7, 11) is 0. The fourth-order valence-corrected chi connectivity index (χ4v) is 1.67. The Hall–Kier alpha value is -0.0400. The van der Waals surface area contributed by atoms with E-state index in [4.69, 9.17) is 0 Å². The number of hydrogen-bond acceptors (Lipinski definition) is 1. The van der Waals surface area contributed by atoms with E-state index in [1.807, 2.05) is 0 Å². The normalized spacial score (nSPS) is 12.8. The second-order valence-corrected chi connectivity index (χ2v) is 6.15. The molecule has 0 spiro atoms. The first-order valence-corrected chi connectivity index (χ1v) is 6.61. The molecular formula is C14H31N. The Morgan fingerprint density at radius 2 is 1.60 bits per heavy atom. The molecule has 0 heterocycles. The molecule has 0 aromatic heterocycles. The average Bonchev–Trinajstić information content (AvgIpc) is 2.08. The van der Waals surface area contributed by atoms with Gasteiger partial charge in [-0.05, 0) is 45.2 Å². The Balaban J connectivity index is 3.84. The number of hydrogen-bond donors (Lipinski definition) is 0.